The molecule has 2 atom stereocenters. The molecule has 0 aliphatic rings. The number of ether oxygens (including phenoxy) is 1. The van der Waals surface area contributed by atoms with Crippen LogP contribution < -0.4 is 16.4 Å². The number of likely N-dealkylation sites (N-methyl/N-ethyl adjacent to an activating group) is 1. The SMILES string of the molecule is Cc1ccccc1C(C(=O)Nc1c(C)cccc1Cl)N(C)C(=O)C(CC(N)=O)NC(=O)OC(C)(C)C. The molecule has 0 saturated carbocycles. The summed E-state index contributed by atoms with van der Waals surface area (Å²) in [6.07, 6.45) is -1.37. The quantitative estimate of drug-likeness (QED) is 0.490. The number of carbonyl (C=O) groups excluding carboxylic acids is 4. The number of nitrogens with one attached hydrogen (secondary N) is 2. The zero-order valence-corrected chi connectivity index (χ0v) is 22.1. The van der Waals surface area contributed by atoms with Crippen molar-refractivity contribution in [3.8, 4) is 0 Å². The van der Waals surface area contributed by atoms with Crippen molar-refractivity contribution in [1.82, 2.24) is 10.2 Å². The van der Waals surface area contributed by atoms with Crippen molar-refractivity contribution in [2.45, 2.75) is 58.7 Å². The molecule has 9 nitrogen and oxygen atoms in total. The molecule has 0 aromatic heterocycles. The number of hydrogen-bond acceptors (Lipinski definition) is 5. The van der Waals surface area contributed by atoms with Gasteiger partial charge >= 0.3 is 6.09 Å². The van der Waals surface area contributed by atoms with E-state index in [0.717, 1.165) is 11.1 Å². The van der Waals surface area contributed by atoms with Crippen LogP contribution in [0.3, 0.4) is 0 Å². The topological polar surface area (TPSA) is 131 Å². The lowest BCUT2D eigenvalue weighted by molar-refractivity contribution is -0.140. The summed E-state index contributed by atoms with van der Waals surface area (Å²) in [4.78, 5) is 52.4. The van der Waals surface area contributed by atoms with Gasteiger partial charge in [0.25, 0.3) is 5.91 Å². The standard InChI is InChI=1S/C26H33ClN4O5/c1-15-10-7-8-12-17(15)22(23(33)30-21-16(2)11-9-13-18(21)27)31(6)24(34)19(14-20(28)32)29-25(35)36-26(3,4)5/h7-13,19,22H,14H2,1-6H3,(H2,28,32)(H,29,35)(H,30,33). The number of anilines is 1. The van der Waals surface area contributed by atoms with Crippen LogP contribution >= 0.6 is 11.6 Å². The highest BCUT2D eigenvalue weighted by Gasteiger charge is 2.35. The lowest BCUT2D eigenvalue weighted by Crippen LogP contribution is -2.52. The number of alkyl carbamates (subject to hydrolysis) is 1. The summed E-state index contributed by atoms with van der Waals surface area (Å²) < 4.78 is 5.23. The number of halogens is 1. The number of nitrogens with zero attached hydrogens (tertiary/aromatic N) is 1. The van der Waals surface area contributed by atoms with Crippen LogP contribution in [-0.4, -0.2) is 47.4 Å². The van der Waals surface area contributed by atoms with Crippen molar-refractivity contribution < 1.29 is 23.9 Å². The molecule has 36 heavy (non-hydrogen) atoms. The first kappa shape index (κ1) is 28.6. The van der Waals surface area contributed by atoms with Gasteiger partial charge in [-0.3, -0.25) is 14.4 Å². The molecule has 2 rings (SSSR count). The highest BCUT2D eigenvalue weighted by molar-refractivity contribution is 6.34. The van der Waals surface area contributed by atoms with Gasteiger partial charge < -0.3 is 26.0 Å². The first-order chi connectivity index (χ1) is 16.7. The van der Waals surface area contributed by atoms with E-state index in [4.69, 9.17) is 22.1 Å². The first-order valence-corrected chi connectivity index (χ1v) is 11.7. The minimum Gasteiger partial charge on any atom is -0.444 e. The average Bonchev–Trinajstić information content (AvgIpc) is 2.75. The van der Waals surface area contributed by atoms with Crippen molar-refractivity contribution >= 4 is 41.1 Å². The fraction of sp³-hybridized carbons (Fsp3) is 0.385. The maximum Gasteiger partial charge on any atom is 0.408 e. The van der Waals surface area contributed by atoms with Gasteiger partial charge in [-0.15, -0.1) is 0 Å². The summed E-state index contributed by atoms with van der Waals surface area (Å²) in [5.74, 6) is -2.02. The van der Waals surface area contributed by atoms with Crippen molar-refractivity contribution in [1.29, 1.82) is 0 Å². The minimum absolute atomic E-state index is 0.346. The second kappa shape index (κ2) is 11.9. The van der Waals surface area contributed by atoms with E-state index < -0.39 is 47.9 Å². The number of nitrogens with two attached hydrogens (primary N) is 1. The Labute approximate surface area is 216 Å². The Morgan fingerprint density at radius 1 is 1.03 bits per heavy atom. The molecule has 0 fully saturated rings. The van der Waals surface area contributed by atoms with Gasteiger partial charge in [0.05, 0.1) is 17.1 Å². The van der Waals surface area contributed by atoms with Crippen LogP contribution in [0.5, 0.6) is 0 Å². The normalized spacial score (nSPS) is 12.8. The highest BCUT2D eigenvalue weighted by Crippen LogP contribution is 2.30. The summed E-state index contributed by atoms with van der Waals surface area (Å²) in [6, 6.07) is 9.87. The Hall–Kier alpha value is -3.59. The van der Waals surface area contributed by atoms with Crippen molar-refractivity contribution in [2.24, 2.45) is 5.73 Å². The second-order valence-electron chi connectivity index (χ2n) is 9.50. The number of para-hydroxylation sites is 1. The van der Waals surface area contributed by atoms with E-state index in [1.54, 1.807) is 58.0 Å². The minimum atomic E-state index is -1.34. The Bertz CT molecular complexity index is 1130. The molecule has 2 unspecified atom stereocenters. The maximum atomic E-state index is 13.6. The zero-order chi connectivity index (χ0) is 27.2. The molecule has 0 saturated heterocycles. The Balaban J connectivity index is 2.45. The number of carbonyl (C=O) groups is 4. The molecule has 0 aliphatic carbocycles. The largest absolute Gasteiger partial charge is 0.444 e. The smallest absolute Gasteiger partial charge is 0.408 e. The van der Waals surface area contributed by atoms with Crippen LogP contribution in [-0.2, 0) is 19.1 Å². The molecule has 2 aromatic carbocycles. The van der Waals surface area contributed by atoms with Gasteiger partial charge in [-0.25, -0.2) is 4.79 Å². The van der Waals surface area contributed by atoms with E-state index in [1.165, 1.54) is 11.9 Å². The Morgan fingerprint density at radius 3 is 2.19 bits per heavy atom. The third-order valence-electron chi connectivity index (χ3n) is 5.33. The van der Waals surface area contributed by atoms with E-state index in [0.29, 0.717) is 16.3 Å². The number of amides is 4. The van der Waals surface area contributed by atoms with Gasteiger partial charge in [-0.1, -0.05) is 48.0 Å². The van der Waals surface area contributed by atoms with Crippen molar-refractivity contribution in [3.05, 3.63) is 64.2 Å². The summed E-state index contributed by atoms with van der Waals surface area (Å²) in [5.41, 5.74) is 7.01. The van der Waals surface area contributed by atoms with E-state index in [-0.39, 0.29) is 0 Å². The molecule has 194 valence electrons. The molecule has 0 heterocycles. The fourth-order valence-electron chi connectivity index (χ4n) is 3.63. The Morgan fingerprint density at radius 2 is 1.64 bits per heavy atom. The lowest BCUT2D eigenvalue weighted by Gasteiger charge is -2.32. The summed E-state index contributed by atoms with van der Waals surface area (Å²) in [6.45, 7) is 8.61. The molecule has 0 bridgehead atoms. The zero-order valence-electron chi connectivity index (χ0n) is 21.3. The number of hydrogen-bond donors (Lipinski definition) is 3. The van der Waals surface area contributed by atoms with Crippen molar-refractivity contribution in [2.75, 3.05) is 12.4 Å². The van der Waals surface area contributed by atoms with Gasteiger partial charge in [-0.05, 0) is 57.4 Å². The van der Waals surface area contributed by atoms with E-state index in [9.17, 15) is 19.2 Å². The molecule has 2 aromatic rings. The maximum absolute atomic E-state index is 13.6. The van der Waals surface area contributed by atoms with Crippen LogP contribution in [0.25, 0.3) is 0 Å². The van der Waals surface area contributed by atoms with Crippen LogP contribution in [0.2, 0.25) is 5.02 Å². The van der Waals surface area contributed by atoms with Gasteiger partial charge in [0.15, 0.2) is 0 Å². The van der Waals surface area contributed by atoms with Crippen LogP contribution in [0.4, 0.5) is 10.5 Å². The highest BCUT2D eigenvalue weighted by atomic mass is 35.5. The molecule has 0 aliphatic heterocycles. The van der Waals surface area contributed by atoms with Gasteiger partial charge in [0, 0.05) is 7.05 Å². The predicted molar refractivity (Wildman–Crippen MR) is 138 cm³/mol. The first-order valence-electron chi connectivity index (χ1n) is 11.4. The van der Waals surface area contributed by atoms with Gasteiger partial charge in [-0.2, -0.15) is 0 Å². The number of benzene rings is 2. The molecule has 4 amide bonds. The third-order valence-corrected chi connectivity index (χ3v) is 5.65. The average molecular weight is 517 g/mol. The van der Waals surface area contributed by atoms with Crippen molar-refractivity contribution in [3.63, 3.8) is 0 Å². The molecule has 0 spiro atoms. The molecular weight excluding hydrogens is 484 g/mol. The number of aryl methyl sites for hydroxylation is 2. The van der Waals surface area contributed by atoms with E-state index in [2.05, 4.69) is 10.6 Å². The van der Waals surface area contributed by atoms with Gasteiger partial charge in [0.2, 0.25) is 11.8 Å². The summed E-state index contributed by atoms with van der Waals surface area (Å²) >= 11 is 6.31. The predicted octanol–water partition coefficient (Wildman–Crippen LogP) is 3.86. The second-order valence-corrected chi connectivity index (χ2v) is 9.91. The Kier molecular flexibility index (Phi) is 9.47. The fourth-order valence-corrected chi connectivity index (χ4v) is 3.89. The summed E-state index contributed by atoms with van der Waals surface area (Å²) in [7, 11) is 1.42. The van der Waals surface area contributed by atoms with E-state index >= 15 is 0 Å². The number of rotatable bonds is 8. The molecular formula is C26H33ClN4O5. The van der Waals surface area contributed by atoms with Crippen LogP contribution in [0, 0.1) is 13.8 Å². The molecule has 0 radical (unpaired) electrons. The van der Waals surface area contributed by atoms with Crippen LogP contribution in [0.1, 0.15) is 49.9 Å². The number of primary amides is 1. The molecule has 4 N–H and O–H groups in total. The monoisotopic (exact) mass is 516 g/mol. The lowest BCUT2D eigenvalue weighted by atomic mass is 9.98. The van der Waals surface area contributed by atoms with E-state index in [1.807, 2.05) is 19.1 Å². The third kappa shape index (κ3) is 7.71. The van der Waals surface area contributed by atoms with Gasteiger partial charge in [0.1, 0.15) is 17.7 Å². The van der Waals surface area contributed by atoms with Crippen LogP contribution in [0.15, 0.2) is 42.5 Å². The molecule has 10 heteroatoms. The summed E-state index contributed by atoms with van der Waals surface area (Å²) in [5, 5.41) is 5.58.